The molecule has 0 aromatic carbocycles. The Balaban J connectivity index is 2.28. The van der Waals surface area contributed by atoms with Crippen LogP contribution in [0.5, 0.6) is 0 Å². The number of ether oxygens (including phenoxy) is 3. The van der Waals surface area contributed by atoms with E-state index in [1.807, 2.05) is 0 Å². The number of rotatable bonds is 4. The molecule has 23 heavy (non-hydrogen) atoms. The zero-order chi connectivity index (χ0) is 19.2. The lowest BCUT2D eigenvalue weighted by atomic mass is 9.98. The average Bonchev–Trinajstić information content (AvgIpc) is 2.58. The Labute approximate surface area is 133 Å². The predicted molar refractivity (Wildman–Crippen MR) is 68.6 cm³/mol. The van der Waals surface area contributed by atoms with Crippen LogP contribution in [-0.2, 0) is 14.2 Å². The molecule has 2 heterocycles. The SMILES string of the molecule is [2H][C@@]1(O[C@]2([2H])OC(CO)[C@@H](O)[C@H](O)C2O)OC(CO)[C@@H](O)C(O)C1O. The molecule has 11 heteroatoms. The fourth-order valence-corrected chi connectivity index (χ4v) is 2.23. The molecule has 0 aromatic heterocycles. The van der Waals surface area contributed by atoms with Gasteiger partial charge in [0.2, 0.25) is 0 Å². The Morgan fingerprint density at radius 1 is 0.652 bits per heavy atom. The van der Waals surface area contributed by atoms with Crippen molar-refractivity contribution in [3.8, 4) is 0 Å². The summed E-state index contributed by atoms with van der Waals surface area (Å²) in [5.41, 5.74) is 0. The van der Waals surface area contributed by atoms with Gasteiger partial charge in [-0.2, -0.15) is 0 Å². The third-order valence-electron chi connectivity index (χ3n) is 3.69. The van der Waals surface area contributed by atoms with Crippen LogP contribution < -0.4 is 0 Å². The second kappa shape index (κ2) is 7.63. The van der Waals surface area contributed by atoms with Gasteiger partial charge in [0, 0.05) is 0 Å². The van der Waals surface area contributed by atoms with Crippen molar-refractivity contribution in [2.75, 3.05) is 13.2 Å². The number of aliphatic hydroxyl groups is 8. The summed E-state index contributed by atoms with van der Waals surface area (Å²) < 4.78 is 30.6. The highest BCUT2D eigenvalue weighted by molar-refractivity contribution is 4.92. The van der Waals surface area contributed by atoms with Crippen LogP contribution in [0.2, 0.25) is 0 Å². The first-order valence-electron chi connectivity index (χ1n) is 7.86. The minimum absolute atomic E-state index is 0.871. The van der Waals surface area contributed by atoms with E-state index < -0.39 is 74.6 Å². The minimum atomic E-state index is -2.99. The maximum Gasteiger partial charge on any atom is 0.189 e. The van der Waals surface area contributed by atoms with Crippen molar-refractivity contribution in [2.24, 2.45) is 0 Å². The van der Waals surface area contributed by atoms with Crippen LogP contribution in [0.25, 0.3) is 0 Å². The summed E-state index contributed by atoms with van der Waals surface area (Å²) >= 11 is 0. The molecule has 0 amide bonds. The molecule has 2 rings (SSSR count). The van der Waals surface area contributed by atoms with Crippen molar-refractivity contribution in [3.05, 3.63) is 0 Å². The Morgan fingerprint density at radius 3 is 1.30 bits per heavy atom. The van der Waals surface area contributed by atoms with Crippen LogP contribution in [0.1, 0.15) is 2.74 Å². The van der Waals surface area contributed by atoms with E-state index >= 15 is 0 Å². The zero-order valence-corrected chi connectivity index (χ0v) is 11.8. The van der Waals surface area contributed by atoms with Crippen LogP contribution in [0.4, 0.5) is 0 Å². The third kappa shape index (κ3) is 3.65. The molecule has 0 aliphatic carbocycles. The maximum absolute atomic E-state index is 9.94. The van der Waals surface area contributed by atoms with E-state index in [9.17, 15) is 30.6 Å². The Hall–Kier alpha value is -0.440. The molecule has 2 aliphatic heterocycles. The molecule has 0 bridgehead atoms. The van der Waals surface area contributed by atoms with Gasteiger partial charge in [0.15, 0.2) is 12.5 Å². The molecule has 2 aliphatic rings. The minimum Gasteiger partial charge on any atom is -0.394 e. The van der Waals surface area contributed by atoms with Crippen LogP contribution >= 0.6 is 0 Å². The molecule has 5 unspecified atom stereocenters. The highest BCUT2D eigenvalue weighted by Gasteiger charge is 2.49. The van der Waals surface area contributed by atoms with Crippen molar-refractivity contribution in [1.29, 1.82) is 0 Å². The van der Waals surface area contributed by atoms with Crippen LogP contribution in [0, 0.1) is 0 Å². The van der Waals surface area contributed by atoms with Crippen molar-refractivity contribution in [1.82, 2.24) is 0 Å². The Morgan fingerprint density at radius 2 is 1.00 bits per heavy atom. The highest BCUT2D eigenvalue weighted by atomic mass is 16.8. The van der Waals surface area contributed by atoms with Gasteiger partial charge in [-0.15, -0.1) is 0 Å². The van der Waals surface area contributed by atoms with Crippen molar-refractivity contribution >= 4 is 0 Å². The van der Waals surface area contributed by atoms with E-state index in [2.05, 4.69) is 0 Å². The molecule has 2 fully saturated rings. The summed E-state index contributed by atoms with van der Waals surface area (Å²) in [4.78, 5) is 0. The zero-order valence-electron chi connectivity index (χ0n) is 13.8. The second-order valence-electron chi connectivity index (χ2n) is 5.27. The molecular weight excluding hydrogens is 320 g/mol. The molecule has 136 valence electrons. The predicted octanol–water partition coefficient (Wildman–Crippen LogP) is -5.40. The summed E-state index contributed by atoms with van der Waals surface area (Å²) in [5.74, 6) is 0. The van der Waals surface area contributed by atoms with Crippen LogP contribution in [-0.4, -0.2) is 115 Å². The van der Waals surface area contributed by atoms with E-state index in [-0.39, 0.29) is 0 Å². The molecule has 0 radical (unpaired) electrons. The van der Waals surface area contributed by atoms with Gasteiger partial charge >= 0.3 is 0 Å². The van der Waals surface area contributed by atoms with Crippen LogP contribution in [0.3, 0.4) is 0 Å². The van der Waals surface area contributed by atoms with Gasteiger partial charge in [0.1, 0.15) is 48.8 Å². The van der Waals surface area contributed by atoms with Gasteiger partial charge in [-0.05, 0) is 0 Å². The molecule has 0 spiro atoms. The molecule has 8 N–H and O–H groups in total. The van der Waals surface area contributed by atoms with Gasteiger partial charge in [0.05, 0.1) is 16.0 Å². The normalized spacial score (nSPS) is 59.3. The molecule has 0 aromatic rings. The van der Waals surface area contributed by atoms with E-state index in [4.69, 9.17) is 27.2 Å². The van der Waals surface area contributed by atoms with E-state index in [0.717, 1.165) is 0 Å². The van der Waals surface area contributed by atoms with Gasteiger partial charge in [-0.25, -0.2) is 0 Å². The number of hydrogen-bond acceptors (Lipinski definition) is 11. The summed E-state index contributed by atoms with van der Waals surface area (Å²) in [6, 6.07) is 0. The van der Waals surface area contributed by atoms with Crippen LogP contribution in [0.15, 0.2) is 0 Å². The lowest BCUT2D eigenvalue weighted by Crippen LogP contribution is -2.63. The van der Waals surface area contributed by atoms with Crippen molar-refractivity contribution in [2.45, 2.75) is 61.4 Å². The molecule has 0 saturated carbocycles. The summed E-state index contributed by atoms with van der Waals surface area (Å²) in [5, 5.41) is 77.0. The van der Waals surface area contributed by atoms with Crippen molar-refractivity contribution in [3.63, 3.8) is 0 Å². The van der Waals surface area contributed by atoms with E-state index in [0.29, 0.717) is 0 Å². The van der Waals surface area contributed by atoms with Gasteiger partial charge in [0.25, 0.3) is 0 Å². The Kier molecular flexibility index (Phi) is 5.33. The molecule has 11 nitrogen and oxygen atoms in total. The summed E-state index contributed by atoms with van der Waals surface area (Å²) in [6.45, 7) is -1.74. The number of hydrogen-bond donors (Lipinski definition) is 8. The fraction of sp³-hybridized carbons (Fsp3) is 1.00. The monoisotopic (exact) mass is 344 g/mol. The largest absolute Gasteiger partial charge is 0.394 e. The summed E-state index contributed by atoms with van der Waals surface area (Å²) in [7, 11) is 0. The fourth-order valence-electron chi connectivity index (χ4n) is 2.23. The first-order chi connectivity index (χ1) is 11.5. The molecular formula is C12H22O11. The number of aliphatic hydroxyl groups excluding tert-OH is 8. The first-order valence-corrected chi connectivity index (χ1v) is 6.86. The first kappa shape index (κ1) is 16.1. The van der Waals surface area contributed by atoms with Gasteiger partial charge in [-0.1, -0.05) is 0 Å². The summed E-state index contributed by atoms with van der Waals surface area (Å²) in [6.07, 6.45) is -21.1. The Bertz CT molecular complexity index is 428. The van der Waals surface area contributed by atoms with Crippen molar-refractivity contribution < 1.29 is 57.8 Å². The standard InChI is InChI=1S/C12H22O11/c13-1-3-5(15)7(17)9(19)11(21-3)23-12-10(20)8(18)6(16)4(2-14)22-12/h3-20H,1-2H2/t3?,4?,5-,6-,7+,8?,9?,10?,11+,12+/m1/s1/i11D,12D. The average molecular weight is 344 g/mol. The lowest BCUT2D eigenvalue weighted by Gasteiger charge is -2.44. The smallest absolute Gasteiger partial charge is 0.189 e. The highest BCUT2D eigenvalue weighted by Crippen LogP contribution is 2.27. The quantitative estimate of drug-likeness (QED) is 0.243. The molecule has 2 saturated heterocycles. The second-order valence-corrected chi connectivity index (χ2v) is 5.27. The van der Waals surface area contributed by atoms with E-state index in [1.165, 1.54) is 0 Å². The maximum atomic E-state index is 9.94. The van der Waals surface area contributed by atoms with Gasteiger partial charge < -0.3 is 55.1 Å². The topological polar surface area (TPSA) is 190 Å². The van der Waals surface area contributed by atoms with Gasteiger partial charge in [-0.3, -0.25) is 0 Å². The lowest BCUT2D eigenvalue weighted by molar-refractivity contribution is -0.376. The van der Waals surface area contributed by atoms with E-state index in [1.54, 1.807) is 0 Å². The molecule has 10 atom stereocenters. The third-order valence-corrected chi connectivity index (χ3v) is 3.69.